The van der Waals surface area contributed by atoms with Gasteiger partial charge in [-0.2, -0.15) is 0 Å². The van der Waals surface area contributed by atoms with E-state index in [9.17, 15) is 4.79 Å². The van der Waals surface area contributed by atoms with E-state index in [2.05, 4.69) is 13.8 Å². The summed E-state index contributed by atoms with van der Waals surface area (Å²) in [7, 11) is 0. The minimum absolute atomic E-state index is 0.0475. The van der Waals surface area contributed by atoms with Gasteiger partial charge in [-0.15, -0.1) is 0 Å². The van der Waals surface area contributed by atoms with Crippen LogP contribution in [-0.4, -0.2) is 17.0 Å². The molecule has 0 heterocycles. The number of carbonyl (C=O) groups excluding carboxylic acids is 1. The van der Waals surface area contributed by atoms with Crippen LogP contribution in [0.5, 0.6) is 0 Å². The third-order valence-corrected chi connectivity index (χ3v) is 1.43. The fourth-order valence-electron chi connectivity index (χ4n) is 0.640. The Labute approximate surface area is 62.2 Å². The predicted octanol–water partition coefficient (Wildman–Crippen LogP) is 1.37. The summed E-state index contributed by atoms with van der Waals surface area (Å²) in [6.07, 6.45) is 0.609. The highest BCUT2D eigenvalue weighted by Crippen LogP contribution is 2.05. The molecule has 0 spiro atoms. The van der Waals surface area contributed by atoms with E-state index in [1.807, 2.05) is 0 Å². The Morgan fingerprint density at radius 2 is 1.90 bits per heavy atom. The number of ketones is 1. The van der Waals surface area contributed by atoms with Crippen LogP contribution >= 0.6 is 0 Å². The molecule has 60 valence electrons. The van der Waals surface area contributed by atoms with Gasteiger partial charge in [0, 0.05) is 6.42 Å². The second-order valence-electron chi connectivity index (χ2n) is 3.07. The first-order valence-electron chi connectivity index (χ1n) is 3.74. The summed E-state index contributed by atoms with van der Waals surface area (Å²) >= 11 is 0. The smallest absolute Gasteiger partial charge is 0.160 e. The largest absolute Gasteiger partial charge is 0.386 e. The molecule has 1 unspecified atom stereocenters. The highest BCUT2D eigenvalue weighted by Gasteiger charge is 2.08. The summed E-state index contributed by atoms with van der Waals surface area (Å²) in [6.45, 7) is 5.65. The molecule has 0 rings (SSSR count). The third-order valence-electron chi connectivity index (χ3n) is 1.43. The van der Waals surface area contributed by atoms with E-state index in [1.165, 1.54) is 6.92 Å². The van der Waals surface area contributed by atoms with Crippen molar-refractivity contribution in [3.8, 4) is 0 Å². The normalized spacial score (nSPS) is 13.7. The SMILES string of the molecule is CC(C)CCC(=O)C(C)O. The number of hydrogen-bond acceptors (Lipinski definition) is 2. The number of hydrogen-bond donors (Lipinski definition) is 1. The minimum Gasteiger partial charge on any atom is -0.386 e. The molecule has 0 amide bonds. The summed E-state index contributed by atoms with van der Waals surface area (Å²) in [5, 5.41) is 8.78. The zero-order valence-corrected chi connectivity index (χ0v) is 6.92. The topological polar surface area (TPSA) is 37.3 Å². The number of aliphatic hydroxyl groups is 1. The molecule has 1 N–H and O–H groups in total. The molecule has 0 bridgehead atoms. The molecule has 0 fully saturated rings. The van der Waals surface area contributed by atoms with Gasteiger partial charge in [0.15, 0.2) is 5.78 Å². The summed E-state index contributed by atoms with van der Waals surface area (Å²) in [4.78, 5) is 10.8. The lowest BCUT2D eigenvalue weighted by Gasteiger charge is -2.04. The quantitative estimate of drug-likeness (QED) is 0.647. The van der Waals surface area contributed by atoms with E-state index in [4.69, 9.17) is 5.11 Å². The van der Waals surface area contributed by atoms with Crippen molar-refractivity contribution in [3.63, 3.8) is 0 Å². The van der Waals surface area contributed by atoms with Gasteiger partial charge in [-0.1, -0.05) is 13.8 Å². The monoisotopic (exact) mass is 144 g/mol. The van der Waals surface area contributed by atoms with Gasteiger partial charge in [0.2, 0.25) is 0 Å². The molecule has 0 aromatic carbocycles. The lowest BCUT2D eigenvalue weighted by Crippen LogP contribution is -2.15. The van der Waals surface area contributed by atoms with Crippen LogP contribution in [0.2, 0.25) is 0 Å². The van der Waals surface area contributed by atoms with Crippen LogP contribution in [0.4, 0.5) is 0 Å². The van der Waals surface area contributed by atoms with E-state index >= 15 is 0 Å². The molecular weight excluding hydrogens is 128 g/mol. The first-order chi connectivity index (χ1) is 4.54. The molecule has 2 nitrogen and oxygen atoms in total. The summed E-state index contributed by atoms with van der Waals surface area (Å²) < 4.78 is 0. The highest BCUT2D eigenvalue weighted by atomic mass is 16.3. The van der Waals surface area contributed by atoms with Gasteiger partial charge in [0.25, 0.3) is 0 Å². The number of rotatable bonds is 4. The molecule has 2 heteroatoms. The summed E-state index contributed by atoms with van der Waals surface area (Å²) in [5.41, 5.74) is 0. The van der Waals surface area contributed by atoms with E-state index in [1.54, 1.807) is 0 Å². The molecule has 0 saturated heterocycles. The molecule has 0 aliphatic carbocycles. The molecule has 0 aromatic heterocycles. The Kier molecular flexibility index (Phi) is 4.28. The molecular formula is C8H16O2. The Morgan fingerprint density at radius 3 is 2.20 bits per heavy atom. The molecule has 10 heavy (non-hydrogen) atoms. The van der Waals surface area contributed by atoms with E-state index in [0.29, 0.717) is 12.3 Å². The second kappa shape index (κ2) is 4.45. The van der Waals surface area contributed by atoms with Gasteiger partial charge >= 0.3 is 0 Å². The maximum absolute atomic E-state index is 10.8. The van der Waals surface area contributed by atoms with Crippen LogP contribution in [0.3, 0.4) is 0 Å². The zero-order chi connectivity index (χ0) is 8.15. The lowest BCUT2D eigenvalue weighted by atomic mass is 10.0. The number of carbonyl (C=O) groups is 1. The highest BCUT2D eigenvalue weighted by molar-refractivity contribution is 5.82. The maximum Gasteiger partial charge on any atom is 0.160 e. The Morgan fingerprint density at radius 1 is 1.40 bits per heavy atom. The van der Waals surface area contributed by atoms with Crippen molar-refractivity contribution in [2.75, 3.05) is 0 Å². The van der Waals surface area contributed by atoms with Gasteiger partial charge in [-0.05, 0) is 19.3 Å². The van der Waals surface area contributed by atoms with Gasteiger partial charge in [0.05, 0.1) is 0 Å². The van der Waals surface area contributed by atoms with Gasteiger partial charge < -0.3 is 5.11 Å². The third kappa shape index (κ3) is 4.50. The second-order valence-corrected chi connectivity index (χ2v) is 3.07. The molecule has 0 aromatic rings. The number of aliphatic hydroxyl groups excluding tert-OH is 1. The maximum atomic E-state index is 10.8. The minimum atomic E-state index is -0.779. The Bertz CT molecular complexity index is 106. The van der Waals surface area contributed by atoms with E-state index < -0.39 is 6.10 Å². The predicted molar refractivity (Wildman–Crippen MR) is 40.8 cm³/mol. The van der Waals surface area contributed by atoms with Crippen LogP contribution in [0.1, 0.15) is 33.6 Å². The zero-order valence-electron chi connectivity index (χ0n) is 6.92. The van der Waals surface area contributed by atoms with Crippen LogP contribution < -0.4 is 0 Å². The fraction of sp³-hybridized carbons (Fsp3) is 0.875. The van der Waals surface area contributed by atoms with Crippen molar-refractivity contribution in [1.82, 2.24) is 0 Å². The molecule has 0 aliphatic heterocycles. The average Bonchev–Trinajstić information content (AvgIpc) is 1.82. The van der Waals surface area contributed by atoms with Crippen LogP contribution in [0.15, 0.2) is 0 Å². The van der Waals surface area contributed by atoms with Crippen LogP contribution in [0, 0.1) is 5.92 Å². The first-order valence-corrected chi connectivity index (χ1v) is 3.74. The van der Waals surface area contributed by atoms with Crippen LogP contribution in [-0.2, 0) is 4.79 Å². The molecule has 0 saturated carbocycles. The summed E-state index contributed by atoms with van der Waals surface area (Å²) in [5.74, 6) is 0.497. The summed E-state index contributed by atoms with van der Waals surface area (Å²) in [6, 6.07) is 0. The fourth-order valence-corrected chi connectivity index (χ4v) is 0.640. The Balaban J connectivity index is 3.40. The van der Waals surface area contributed by atoms with Crippen molar-refractivity contribution in [2.45, 2.75) is 39.7 Å². The van der Waals surface area contributed by atoms with Crippen molar-refractivity contribution < 1.29 is 9.90 Å². The first kappa shape index (κ1) is 9.63. The van der Waals surface area contributed by atoms with Crippen molar-refractivity contribution in [2.24, 2.45) is 5.92 Å². The molecule has 0 radical (unpaired) electrons. The van der Waals surface area contributed by atoms with Gasteiger partial charge in [-0.25, -0.2) is 0 Å². The van der Waals surface area contributed by atoms with Crippen molar-refractivity contribution in [3.05, 3.63) is 0 Å². The number of Topliss-reactive ketones (excluding diaryl/α,β-unsaturated/α-hetero) is 1. The van der Waals surface area contributed by atoms with Crippen molar-refractivity contribution in [1.29, 1.82) is 0 Å². The van der Waals surface area contributed by atoms with E-state index in [0.717, 1.165) is 6.42 Å². The van der Waals surface area contributed by atoms with Crippen LogP contribution in [0.25, 0.3) is 0 Å². The van der Waals surface area contributed by atoms with Gasteiger partial charge in [-0.3, -0.25) is 4.79 Å². The van der Waals surface area contributed by atoms with Gasteiger partial charge in [0.1, 0.15) is 6.10 Å². The van der Waals surface area contributed by atoms with Crippen molar-refractivity contribution >= 4 is 5.78 Å². The standard InChI is InChI=1S/C8H16O2/c1-6(2)4-5-8(10)7(3)9/h6-7,9H,4-5H2,1-3H3. The molecule has 0 aliphatic rings. The Hall–Kier alpha value is -0.370. The lowest BCUT2D eigenvalue weighted by molar-refractivity contribution is -0.126. The molecule has 1 atom stereocenters. The average molecular weight is 144 g/mol. The van der Waals surface area contributed by atoms with E-state index in [-0.39, 0.29) is 5.78 Å².